The number of hydrogen-bond acceptors (Lipinski definition) is 3. The van der Waals surface area contributed by atoms with E-state index in [1.54, 1.807) is 6.08 Å². The summed E-state index contributed by atoms with van der Waals surface area (Å²) in [5.74, 6) is 0. The first-order valence-corrected chi connectivity index (χ1v) is 4.93. The van der Waals surface area contributed by atoms with E-state index in [2.05, 4.69) is 6.58 Å². The lowest BCUT2D eigenvalue weighted by Crippen LogP contribution is -2.41. The molecule has 0 aromatic carbocycles. The molecule has 0 unspecified atom stereocenters. The van der Waals surface area contributed by atoms with E-state index >= 15 is 0 Å². The summed E-state index contributed by atoms with van der Waals surface area (Å²) in [5.41, 5.74) is -0.537. The van der Waals surface area contributed by atoms with Gasteiger partial charge >= 0.3 is 7.12 Å². The number of rotatable bonds is 4. The molecule has 1 aliphatic heterocycles. The molecular weight excluding hydrogens is 179 g/mol. The fourth-order valence-corrected chi connectivity index (χ4v) is 1.28. The second-order valence-electron chi connectivity index (χ2n) is 4.51. The van der Waals surface area contributed by atoms with Crippen LogP contribution in [0.4, 0.5) is 0 Å². The second-order valence-corrected chi connectivity index (χ2v) is 4.51. The van der Waals surface area contributed by atoms with Crippen molar-refractivity contribution >= 4 is 7.12 Å². The zero-order chi connectivity index (χ0) is 10.8. The molecule has 1 aliphatic rings. The highest BCUT2D eigenvalue weighted by Crippen LogP contribution is 2.36. The summed E-state index contributed by atoms with van der Waals surface area (Å²) in [6.45, 7) is 12.7. The van der Waals surface area contributed by atoms with Crippen molar-refractivity contribution in [3.8, 4) is 0 Å². The normalized spacial score (nSPS) is 23.9. The highest BCUT2D eigenvalue weighted by Gasteiger charge is 2.50. The van der Waals surface area contributed by atoms with Gasteiger partial charge in [0.1, 0.15) is 0 Å². The van der Waals surface area contributed by atoms with E-state index in [9.17, 15) is 0 Å². The van der Waals surface area contributed by atoms with E-state index in [1.165, 1.54) is 0 Å². The molecule has 0 amide bonds. The Balaban J connectivity index is 2.43. The van der Waals surface area contributed by atoms with Crippen molar-refractivity contribution in [1.82, 2.24) is 0 Å². The Kier molecular flexibility index (Phi) is 3.40. The molecule has 0 saturated carbocycles. The van der Waals surface area contributed by atoms with E-state index in [0.717, 1.165) is 0 Å². The molecule has 80 valence electrons. The Labute approximate surface area is 86.6 Å². The largest absolute Gasteiger partial charge is 0.485 e. The van der Waals surface area contributed by atoms with Crippen LogP contribution in [-0.4, -0.2) is 31.4 Å². The van der Waals surface area contributed by atoms with Gasteiger partial charge < -0.3 is 14.0 Å². The first kappa shape index (κ1) is 11.8. The van der Waals surface area contributed by atoms with Gasteiger partial charge in [-0.2, -0.15) is 0 Å². The standard InChI is InChI=1S/C10H19BO3/c1-6-7-12-8-11-13-9(2,3)10(4,5)14-11/h6H,1,7-8H2,2-5H3. The predicted molar refractivity (Wildman–Crippen MR) is 57.1 cm³/mol. The molecule has 0 bridgehead atoms. The molecule has 0 aliphatic carbocycles. The molecule has 14 heavy (non-hydrogen) atoms. The number of ether oxygens (including phenoxy) is 1. The topological polar surface area (TPSA) is 27.7 Å². The van der Waals surface area contributed by atoms with Crippen LogP contribution < -0.4 is 0 Å². The van der Waals surface area contributed by atoms with Gasteiger partial charge in [0.15, 0.2) is 0 Å². The van der Waals surface area contributed by atoms with Crippen LogP contribution in [0.2, 0.25) is 0 Å². The molecule has 0 aromatic rings. The van der Waals surface area contributed by atoms with Crippen molar-refractivity contribution in [2.75, 3.05) is 13.1 Å². The third-order valence-corrected chi connectivity index (χ3v) is 2.79. The van der Waals surface area contributed by atoms with Gasteiger partial charge in [-0.05, 0) is 27.7 Å². The monoisotopic (exact) mass is 198 g/mol. The Morgan fingerprint density at radius 2 is 1.71 bits per heavy atom. The van der Waals surface area contributed by atoms with Gasteiger partial charge in [0, 0.05) is 0 Å². The third-order valence-electron chi connectivity index (χ3n) is 2.79. The van der Waals surface area contributed by atoms with Crippen molar-refractivity contribution < 1.29 is 14.0 Å². The van der Waals surface area contributed by atoms with Crippen LogP contribution in [0, 0.1) is 0 Å². The predicted octanol–water partition coefficient (Wildman–Crippen LogP) is 1.82. The second kappa shape index (κ2) is 4.05. The average molecular weight is 198 g/mol. The van der Waals surface area contributed by atoms with Gasteiger partial charge in [-0.3, -0.25) is 0 Å². The lowest BCUT2D eigenvalue weighted by Gasteiger charge is -2.32. The van der Waals surface area contributed by atoms with Crippen molar-refractivity contribution in [3.05, 3.63) is 12.7 Å². The van der Waals surface area contributed by atoms with Crippen LogP contribution in [-0.2, 0) is 14.0 Å². The molecule has 1 saturated heterocycles. The van der Waals surface area contributed by atoms with Crippen LogP contribution in [0.1, 0.15) is 27.7 Å². The Morgan fingerprint density at radius 3 is 2.14 bits per heavy atom. The first-order valence-electron chi connectivity index (χ1n) is 4.93. The molecule has 0 radical (unpaired) electrons. The highest BCUT2D eigenvalue weighted by atomic mass is 16.7. The fourth-order valence-electron chi connectivity index (χ4n) is 1.28. The van der Waals surface area contributed by atoms with E-state index in [-0.39, 0.29) is 18.3 Å². The molecule has 1 fully saturated rings. The lowest BCUT2D eigenvalue weighted by molar-refractivity contribution is 0.00578. The average Bonchev–Trinajstić information content (AvgIpc) is 2.21. The molecule has 0 atom stereocenters. The molecule has 1 heterocycles. The molecule has 1 rings (SSSR count). The number of hydrogen-bond donors (Lipinski definition) is 0. The SMILES string of the molecule is C=CCOCB1OC(C)(C)C(C)(C)O1. The van der Waals surface area contributed by atoms with Gasteiger partial charge in [-0.25, -0.2) is 0 Å². The minimum Gasteiger partial charge on any atom is -0.402 e. The Morgan fingerprint density at radius 1 is 1.21 bits per heavy atom. The summed E-state index contributed by atoms with van der Waals surface area (Å²) in [7, 11) is -0.264. The van der Waals surface area contributed by atoms with Crippen LogP contribution in [0.5, 0.6) is 0 Å². The zero-order valence-electron chi connectivity index (χ0n) is 9.50. The fraction of sp³-hybridized carbons (Fsp3) is 0.800. The summed E-state index contributed by atoms with van der Waals surface area (Å²) < 4.78 is 16.7. The zero-order valence-corrected chi connectivity index (χ0v) is 9.50. The van der Waals surface area contributed by atoms with Crippen molar-refractivity contribution in [2.24, 2.45) is 0 Å². The molecule has 4 heteroatoms. The minimum atomic E-state index is -0.269. The van der Waals surface area contributed by atoms with Crippen LogP contribution in [0.25, 0.3) is 0 Å². The summed E-state index contributed by atoms with van der Waals surface area (Å²) in [5, 5.41) is 0. The minimum absolute atomic E-state index is 0.264. The van der Waals surface area contributed by atoms with Crippen LogP contribution >= 0.6 is 0 Å². The van der Waals surface area contributed by atoms with E-state index < -0.39 is 0 Å². The van der Waals surface area contributed by atoms with Crippen molar-refractivity contribution in [2.45, 2.75) is 38.9 Å². The van der Waals surface area contributed by atoms with Gasteiger partial charge in [-0.1, -0.05) is 6.08 Å². The summed E-state index contributed by atoms with van der Waals surface area (Å²) >= 11 is 0. The van der Waals surface area contributed by atoms with E-state index in [1.807, 2.05) is 27.7 Å². The van der Waals surface area contributed by atoms with E-state index in [4.69, 9.17) is 14.0 Å². The van der Waals surface area contributed by atoms with Gasteiger partial charge in [-0.15, -0.1) is 6.58 Å². The maximum atomic E-state index is 5.73. The molecule has 0 aromatic heterocycles. The summed E-state index contributed by atoms with van der Waals surface area (Å²) in [4.78, 5) is 0. The van der Waals surface area contributed by atoms with Gasteiger partial charge in [0.2, 0.25) is 0 Å². The summed E-state index contributed by atoms with van der Waals surface area (Å²) in [6.07, 6.45) is 1.71. The van der Waals surface area contributed by atoms with Crippen LogP contribution in [0.3, 0.4) is 0 Å². The highest BCUT2D eigenvalue weighted by molar-refractivity contribution is 6.45. The molecule has 0 spiro atoms. The smallest absolute Gasteiger partial charge is 0.402 e. The lowest BCUT2D eigenvalue weighted by atomic mass is 9.90. The van der Waals surface area contributed by atoms with Crippen molar-refractivity contribution in [3.63, 3.8) is 0 Å². The quantitative estimate of drug-likeness (QED) is 0.391. The maximum Gasteiger partial charge on any atom is 0.485 e. The van der Waals surface area contributed by atoms with E-state index in [0.29, 0.717) is 13.1 Å². The third kappa shape index (κ3) is 2.38. The van der Waals surface area contributed by atoms with Gasteiger partial charge in [0.25, 0.3) is 0 Å². The Hall–Kier alpha value is -0.315. The first-order chi connectivity index (χ1) is 6.39. The molecule has 3 nitrogen and oxygen atoms in total. The summed E-state index contributed by atoms with van der Waals surface area (Å²) in [6, 6.07) is 0. The molecular formula is C10H19BO3. The Bertz CT molecular complexity index is 197. The van der Waals surface area contributed by atoms with Gasteiger partial charge in [0.05, 0.1) is 24.3 Å². The molecule has 0 N–H and O–H groups in total. The maximum absolute atomic E-state index is 5.73. The van der Waals surface area contributed by atoms with Crippen LogP contribution in [0.15, 0.2) is 12.7 Å². The van der Waals surface area contributed by atoms with Crippen molar-refractivity contribution in [1.29, 1.82) is 0 Å².